The predicted octanol–water partition coefficient (Wildman–Crippen LogP) is 2.09. The van der Waals surface area contributed by atoms with Gasteiger partial charge in [0.2, 0.25) is 5.91 Å². The lowest BCUT2D eigenvalue weighted by Gasteiger charge is -2.24. The molecular weight excluding hydrogens is 240 g/mol. The van der Waals surface area contributed by atoms with Crippen LogP contribution in [0.15, 0.2) is 24.5 Å². The van der Waals surface area contributed by atoms with E-state index in [2.05, 4.69) is 10.3 Å². The Balaban J connectivity index is 2.31. The molecule has 0 fully saturated rings. The maximum absolute atomic E-state index is 12.2. The van der Waals surface area contributed by atoms with E-state index < -0.39 is 0 Å². The Hall–Kier alpha value is -2.04. The fourth-order valence-electron chi connectivity index (χ4n) is 1.96. The van der Waals surface area contributed by atoms with E-state index in [9.17, 15) is 4.79 Å². The molecule has 1 heterocycles. The number of nitrogens with one attached hydrogen (secondary N) is 1. The fourth-order valence-corrected chi connectivity index (χ4v) is 1.96. The number of carbonyl (C=O) groups excluding carboxylic acids is 1. The van der Waals surface area contributed by atoms with E-state index in [0.29, 0.717) is 5.69 Å². The lowest BCUT2D eigenvalue weighted by atomic mass is 10.1. The van der Waals surface area contributed by atoms with E-state index >= 15 is 0 Å². The number of rotatable bonds is 2. The van der Waals surface area contributed by atoms with E-state index in [0.717, 1.165) is 11.0 Å². The van der Waals surface area contributed by atoms with Crippen LogP contribution in [0.25, 0.3) is 11.0 Å². The molecule has 2 rings (SSSR count). The van der Waals surface area contributed by atoms with Gasteiger partial charge >= 0.3 is 0 Å². The van der Waals surface area contributed by atoms with E-state index in [-0.39, 0.29) is 17.5 Å². The lowest BCUT2D eigenvalue weighted by Crippen LogP contribution is -2.43. The summed E-state index contributed by atoms with van der Waals surface area (Å²) in [5.74, 6) is -0.0244. The zero-order valence-corrected chi connectivity index (χ0v) is 11.8. The summed E-state index contributed by atoms with van der Waals surface area (Å²) in [5, 5.41) is 2.97. The van der Waals surface area contributed by atoms with E-state index in [1.165, 1.54) is 0 Å². The zero-order valence-electron chi connectivity index (χ0n) is 11.8. The minimum atomic E-state index is -0.312. The average molecular weight is 260 g/mol. The van der Waals surface area contributed by atoms with Gasteiger partial charge in [-0.25, -0.2) is 4.98 Å². The van der Waals surface area contributed by atoms with Gasteiger partial charge in [-0.15, -0.1) is 0 Å². The van der Waals surface area contributed by atoms with Crippen LogP contribution in [0.5, 0.6) is 0 Å². The molecule has 102 valence electrons. The second kappa shape index (κ2) is 4.57. The molecule has 0 saturated heterocycles. The van der Waals surface area contributed by atoms with Crippen molar-refractivity contribution in [3.8, 4) is 0 Å². The molecule has 0 radical (unpaired) electrons. The monoisotopic (exact) mass is 260 g/mol. The molecule has 1 aromatic heterocycles. The molecule has 2 aromatic rings. The van der Waals surface area contributed by atoms with Crippen molar-refractivity contribution >= 4 is 22.6 Å². The summed E-state index contributed by atoms with van der Waals surface area (Å²) < 4.78 is 1.86. The Kier molecular flexibility index (Phi) is 3.22. The summed E-state index contributed by atoms with van der Waals surface area (Å²) in [5.41, 5.74) is 7.86. The number of nitrogen functional groups attached to an aromatic ring is 1. The Morgan fingerprint density at radius 2 is 2.11 bits per heavy atom. The molecule has 0 saturated carbocycles. The van der Waals surface area contributed by atoms with Crippen LogP contribution >= 0.6 is 0 Å². The maximum Gasteiger partial charge on any atom is 0.243 e. The number of fused-ring (bicyclic) bond motifs is 1. The third kappa shape index (κ3) is 2.86. The highest BCUT2D eigenvalue weighted by Gasteiger charge is 2.21. The Labute approximate surface area is 112 Å². The quantitative estimate of drug-likeness (QED) is 0.812. The van der Waals surface area contributed by atoms with Gasteiger partial charge in [-0.2, -0.15) is 0 Å². The first-order valence-electron chi connectivity index (χ1n) is 6.32. The van der Waals surface area contributed by atoms with E-state index in [4.69, 9.17) is 5.73 Å². The van der Waals surface area contributed by atoms with Crippen LogP contribution in [-0.4, -0.2) is 21.0 Å². The van der Waals surface area contributed by atoms with Gasteiger partial charge in [-0.1, -0.05) is 0 Å². The molecule has 3 N–H and O–H groups in total. The van der Waals surface area contributed by atoms with Crippen molar-refractivity contribution in [2.24, 2.45) is 0 Å². The van der Waals surface area contributed by atoms with E-state index in [1.54, 1.807) is 12.4 Å². The minimum Gasteiger partial charge on any atom is -0.399 e. The number of nitrogens with zero attached hydrogens (tertiary/aromatic N) is 2. The molecule has 1 atom stereocenters. The third-order valence-corrected chi connectivity index (χ3v) is 2.89. The molecule has 5 nitrogen and oxygen atoms in total. The molecule has 1 amide bonds. The van der Waals surface area contributed by atoms with Gasteiger partial charge in [0, 0.05) is 11.2 Å². The van der Waals surface area contributed by atoms with Crippen molar-refractivity contribution < 1.29 is 4.79 Å². The third-order valence-electron chi connectivity index (χ3n) is 2.89. The number of benzene rings is 1. The molecule has 0 aliphatic heterocycles. The second-order valence-corrected chi connectivity index (χ2v) is 5.82. The van der Waals surface area contributed by atoms with Crippen molar-refractivity contribution in [1.82, 2.24) is 14.9 Å². The van der Waals surface area contributed by atoms with Crippen molar-refractivity contribution in [3.63, 3.8) is 0 Å². The first kappa shape index (κ1) is 13.4. The summed E-state index contributed by atoms with van der Waals surface area (Å²) in [7, 11) is 0. The molecule has 19 heavy (non-hydrogen) atoms. The van der Waals surface area contributed by atoms with E-state index in [1.807, 2.05) is 44.4 Å². The van der Waals surface area contributed by atoms with Gasteiger partial charge < -0.3 is 15.6 Å². The topological polar surface area (TPSA) is 72.9 Å². The number of amides is 1. The van der Waals surface area contributed by atoms with Crippen LogP contribution in [0.3, 0.4) is 0 Å². The highest BCUT2D eigenvalue weighted by Crippen LogP contribution is 2.20. The van der Waals surface area contributed by atoms with Crippen molar-refractivity contribution in [1.29, 1.82) is 0 Å². The van der Waals surface area contributed by atoms with Crippen LogP contribution in [0, 0.1) is 0 Å². The van der Waals surface area contributed by atoms with Gasteiger partial charge in [0.15, 0.2) is 0 Å². The van der Waals surface area contributed by atoms with Crippen LogP contribution < -0.4 is 11.1 Å². The number of hydrogen-bond acceptors (Lipinski definition) is 3. The van der Waals surface area contributed by atoms with Gasteiger partial charge in [-0.05, 0) is 45.9 Å². The smallest absolute Gasteiger partial charge is 0.243 e. The number of hydrogen-bond donors (Lipinski definition) is 2. The van der Waals surface area contributed by atoms with Crippen molar-refractivity contribution in [3.05, 3.63) is 24.5 Å². The van der Waals surface area contributed by atoms with Gasteiger partial charge in [0.05, 0.1) is 17.4 Å². The van der Waals surface area contributed by atoms with Gasteiger partial charge in [0.25, 0.3) is 0 Å². The standard InChI is InChI=1S/C14H20N4O/c1-9(13(19)17-14(2,3)4)18-8-16-11-7-10(15)5-6-12(11)18/h5-9H,15H2,1-4H3,(H,17,19). The lowest BCUT2D eigenvalue weighted by molar-refractivity contribution is -0.125. The molecule has 1 aromatic carbocycles. The Morgan fingerprint density at radius 1 is 1.42 bits per heavy atom. The number of anilines is 1. The average Bonchev–Trinajstić information content (AvgIpc) is 2.68. The largest absolute Gasteiger partial charge is 0.399 e. The van der Waals surface area contributed by atoms with Gasteiger partial charge in [-0.3, -0.25) is 4.79 Å². The second-order valence-electron chi connectivity index (χ2n) is 5.82. The summed E-state index contributed by atoms with van der Waals surface area (Å²) in [6.07, 6.45) is 1.68. The molecular formula is C14H20N4O. The summed E-state index contributed by atoms with van der Waals surface area (Å²) in [6, 6.07) is 5.20. The summed E-state index contributed by atoms with van der Waals surface area (Å²) in [4.78, 5) is 16.5. The number of carbonyl (C=O) groups is 1. The predicted molar refractivity (Wildman–Crippen MR) is 76.8 cm³/mol. The first-order valence-corrected chi connectivity index (χ1v) is 6.32. The van der Waals surface area contributed by atoms with Crippen LogP contribution in [0.2, 0.25) is 0 Å². The first-order chi connectivity index (χ1) is 8.78. The number of imidazole rings is 1. The highest BCUT2D eigenvalue weighted by atomic mass is 16.2. The zero-order chi connectivity index (χ0) is 14.2. The molecule has 1 unspecified atom stereocenters. The summed E-state index contributed by atoms with van der Waals surface area (Å²) >= 11 is 0. The molecule has 5 heteroatoms. The molecule has 0 aliphatic rings. The number of nitrogens with two attached hydrogens (primary N) is 1. The van der Waals surface area contributed by atoms with Crippen molar-refractivity contribution in [2.45, 2.75) is 39.3 Å². The highest BCUT2D eigenvalue weighted by molar-refractivity contribution is 5.85. The Morgan fingerprint density at radius 3 is 2.74 bits per heavy atom. The minimum absolute atomic E-state index is 0.0244. The van der Waals surface area contributed by atoms with Crippen LogP contribution in [0.4, 0.5) is 5.69 Å². The van der Waals surface area contributed by atoms with Crippen LogP contribution in [0.1, 0.15) is 33.7 Å². The molecule has 0 aliphatic carbocycles. The normalized spacial score (nSPS) is 13.5. The molecule has 0 spiro atoms. The van der Waals surface area contributed by atoms with Crippen molar-refractivity contribution in [2.75, 3.05) is 5.73 Å². The van der Waals surface area contributed by atoms with Crippen LogP contribution in [-0.2, 0) is 4.79 Å². The maximum atomic E-state index is 12.2. The van der Waals surface area contributed by atoms with Gasteiger partial charge in [0.1, 0.15) is 6.04 Å². The SMILES string of the molecule is CC(C(=O)NC(C)(C)C)n1cnc2cc(N)ccc21. The Bertz CT molecular complexity index is 609. The molecule has 0 bridgehead atoms. The fraction of sp³-hybridized carbons (Fsp3) is 0.429. The summed E-state index contributed by atoms with van der Waals surface area (Å²) in [6.45, 7) is 7.75. The number of aromatic nitrogens is 2.